The maximum Gasteiger partial charge on any atom is 0.173 e. The molecule has 1 unspecified atom stereocenters. The van der Waals surface area contributed by atoms with E-state index < -0.39 is 0 Å². The summed E-state index contributed by atoms with van der Waals surface area (Å²) in [5.41, 5.74) is 7.92. The lowest BCUT2D eigenvalue weighted by Crippen LogP contribution is -1.89. The Kier molecular flexibility index (Phi) is 3.99. The van der Waals surface area contributed by atoms with Gasteiger partial charge in [0.1, 0.15) is 0 Å². The number of thiol groups is 1. The number of nitrogens with zero attached hydrogens (tertiary/aromatic N) is 3. The van der Waals surface area contributed by atoms with Gasteiger partial charge in [-0.05, 0) is 18.6 Å². The van der Waals surface area contributed by atoms with E-state index in [4.69, 9.17) is 5.73 Å². The Bertz CT molecular complexity index is 535. The van der Waals surface area contributed by atoms with Gasteiger partial charge in [-0.1, -0.05) is 25.1 Å². The molecule has 3 N–H and O–H groups in total. The van der Waals surface area contributed by atoms with E-state index in [-0.39, 0.29) is 5.25 Å². The minimum Gasteiger partial charge on any atom is -0.380 e. The Morgan fingerprint density at radius 2 is 2.06 bits per heavy atom. The lowest BCUT2D eigenvalue weighted by molar-refractivity contribution is 0.850. The molecule has 0 aliphatic rings. The predicted octanol–water partition coefficient (Wildman–Crippen LogP) is 3.79. The summed E-state index contributed by atoms with van der Waals surface area (Å²) in [4.78, 5) is 0. The first-order chi connectivity index (χ1) is 8.72. The molecule has 2 aromatic rings. The number of aromatic nitrogens is 2. The van der Waals surface area contributed by atoms with Crippen LogP contribution in [-0.4, -0.2) is 10.2 Å². The fourth-order valence-electron chi connectivity index (χ4n) is 1.51. The van der Waals surface area contributed by atoms with Crippen LogP contribution in [0.25, 0.3) is 0 Å². The van der Waals surface area contributed by atoms with Crippen molar-refractivity contribution in [3.05, 3.63) is 36.0 Å². The van der Waals surface area contributed by atoms with Crippen molar-refractivity contribution in [1.82, 2.24) is 10.2 Å². The molecule has 0 fully saturated rings. The topological polar surface area (TPSA) is 79.4 Å². The highest BCUT2D eigenvalue weighted by Gasteiger charge is 2.15. The Morgan fingerprint density at radius 1 is 1.33 bits per heavy atom. The molecule has 0 saturated carbocycles. The number of nitrogen functional groups attached to an aromatic ring is 1. The van der Waals surface area contributed by atoms with Crippen molar-refractivity contribution in [3.63, 3.8) is 0 Å². The van der Waals surface area contributed by atoms with E-state index in [0.29, 0.717) is 11.5 Å². The van der Waals surface area contributed by atoms with Crippen molar-refractivity contribution in [3.8, 4) is 0 Å². The van der Waals surface area contributed by atoms with E-state index in [1.165, 1.54) is 0 Å². The zero-order valence-electron chi connectivity index (χ0n) is 10.0. The van der Waals surface area contributed by atoms with Crippen molar-refractivity contribution >= 4 is 29.8 Å². The van der Waals surface area contributed by atoms with Gasteiger partial charge in [-0.2, -0.15) is 22.8 Å². The molecule has 0 bridgehead atoms. The van der Waals surface area contributed by atoms with Gasteiger partial charge in [-0.3, -0.25) is 5.10 Å². The highest BCUT2D eigenvalue weighted by molar-refractivity contribution is 7.80. The van der Waals surface area contributed by atoms with Crippen molar-refractivity contribution in [2.24, 2.45) is 10.2 Å². The minimum atomic E-state index is 0.0273. The summed E-state index contributed by atoms with van der Waals surface area (Å²) in [6, 6.07) is 9.48. The number of nitrogens with one attached hydrogen (secondary N) is 1. The number of azo groups is 1. The molecule has 0 aliphatic heterocycles. The van der Waals surface area contributed by atoms with Gasteiger partial charge < -0.3 is 5.73 Å². The highest BCUT2D eigenvalue weighted by Crippen LogP contribution is 2.34. The lowest BCUT2D eigenvalue weighted by Gasteiger charge is -2.04. The number of rotatable bonds is 4. The second-order valence-electron chi connectivity index (χ2n) is 3.83. The molecular formula is C12H15N5S. The summed E-state index contributed by atoms with van der Waals surface area (Å²) in [5, 5.41) is 15.1. The van der Waals surface area contributed by atoms with Gasteiger partial charge in [0.05, 0.1) is 11.4 Å². The van der Waals surface area contributed by atoms with E-state index in [2.05, 4.69) is 33.1 Å². The molecule has 1 aromatic carbocycles. The molecule has 94 valence electrons. The molecule has 5 nitrogen and oxygen atoms in total. The minimum absolute atomic E-state index is 0.0273. The molecule has 0 amide bonds. The summed E-state index contributed by atoms with van der Waals surface area (Å²) >= 11 is 4.45. The zero-order valence-corrected chi connectivity index (χ0v) is 10.9. The fourth-order valence-corrected chi connectivity index (χ4v) is 1.69. The van der Waals surface area contributed by atoms with Crippen LogP contribution in [0.2, 0.25) is 0 Å². The molecule has 0 spiro atoms. The quantitative estimate of drug-likeness (QED) is 0.578. The number of nitrogens with two attached hydrogens (primary N) is 1. The SMILES string of the molecule is CCC(S)c1[nH]nc(N)c1N=Nc1ccccc1. The van der Waals surface area contributed by atoms with E-state index in [1.54, 1.807) is 0 Å². The van der Waals surface area contributed by atoms with Gasteiger partial charge in [0.25, 0.3) is 0 Å². The number of hydrogen-bond acceptors (Lipinski definition) is 5. The third-order valence-electron chi connectivity index (χ3n) is 2.54. The van der Waals surface area contributed by atoms with E-state index in [1.807, 2.05) is 37.3 Å². The summed E-state index contributed by atoms with van der Waals surface area (Å²) in [5.74, 6) is 0.345. The summed E-state index contributed by atoms with van der Waals surface area (Å²) in [6.45, 7) is 2.03. The summed E-state index contributed by atoms with van der Waals surface area (Å²) in [7, 11) is 0. The average Bonchev–Trinajstić information content (AvgIpc) is 2.78. The third kappa shape index (κ3) is 2.70. The van der Waals surface area contributed by atoms with E-state index in [0.717, 1.165) is 17.8 Å². The van der Waals surface area contributed by atoms with Gasteiger partial charge in [0.2, 0.25) is 0 Å². The number of anilines is 1. The maximum absolute atomic E-state index is 5.77. The standard InChI is InChI=1S/C12H15N5S/c1-2-9(18)10-11(12(13)17-15-10)16-14-8-6-4-3-5-7-8/h3-7,9,18H,2H2,1H3,(H3,13,15,17). The van der Waals surface area contributed by atoms with Crippen LogP contribution in [0.4, 0.5) is 17.2 Å². The van der Waals surface area contributed by atoms with E-state index >= 15 is 0 Å². The second kappa shape index (κ2) is 5.68. The predicted molar refractivity (Wildman–Crippen MR) is 75.6 cm³/mol. The Morgan fingerprint density at radius 3 is 2.72 bits per heavy atom. The fraction of sp³-hybridized carbons (Fsp3) is 0.250. The molecule has 6 heteroatoms. The molecule has 1 heterocycles. The van der Waals surface area contributed by atoms with Crippen LogP contribution >= 0.6 is 12.6 Å². The maximum atomic E-state index is 5.77. The van der Waals surface area contributed by atoms with Crippen LogP contribution in [0.3, 0.4) is 0 Å². The number of benzene rings is 1. The first-order valence-corrected chi connectivity index (χ1v) is 6.22. The van der Waals surface area contributed by atoms with Crippen LogP contribution in [0.15, 0.2) is 40.6 Å². The normalized spacial score (nSPS) is 13.0. The number of hydrogen-bond donors (Lipinski definition) is 3. The Labute approximate surface area is 111 Å². The monoisotopic (exact) mass is 261 g/mol. The Balaban J connectivity index is 2.29. The summed E-state index contributed by atoms with van der Waals surface area (Å²) < 4.78 is 0. The highest BCUT2D eigenvalue weighted by atomic mass is 32.1. The van der Waals surface area contributed by atoms with Crippen LogP contribution in [-0.2, 0) is 0 Å². The van der Waals surface area contributed by atoms with Crippen LogP contribution in [0.1, 0.15) is 24.3 Å². The first kappa shape index (κ1) is 12.6. The smallest absolute Gasteiger partial charge is 0.173 e. The van der Waals surface area contributed by atoms with E-state index in [9.17, 15) is 0 Å². The van der Waals surface area contributed by atoms with Gasteiger partial charge in [0.15, 0.2) is 11.5 Å². The second-order valence-corrected chi connectivity index (χ2v) is 4.45. The number of H-pyrrole nitrogens is 1. The molecule has 0 radical (unpaired) electrons. The van der Waals surface area contributed by atoms with Crippen LogP contribution in [0, 0.1) is 0 Å². The van der Waals surface area contributed by atoms with Crippen molar-refractivity contribution in [2.45, 2.75) is 18.6 Å². The van der Waals surface area contributed by atoms with Crippen molar-refractivity contribution in [2.75, 3.05) is 5.73 Å². The van der Waals surface area contributed by atoms with Crippen molar-refractivity contribution < 1.29 is 0 Å². The Hall–Kier alpha value is -1.82. The molecule has 18 heavy (non-hydrogen) atoms. The van der Waals surface area contributed by atoms with Gasteiger partial charge in [0, 0.05) is 5.25 Å². The first-order valence-electron chi connectivity index (χ1n) is 5.71. The average molecular weight is 261 g/mol. The molecule has 1 atom stereocenters. The molecule has 0 saturated heterocycles. The van der Waals surface area contributed by atoms with Gasteiger partial charge >= 0.3 is 0 Å². The molecule has 1 aromatic heterocycles. The lowest BCUT2D eigenvalue weighted by atomic mass is 10.2. The van der Waals surface area contributed by atoms with Gasteiger partial charge in [-0.15, -0.1) is 5.11 Å². The van der Waals surface area contributed by atoms with Crippen LogP contribution < -0.4 is 5.73 Å². The zero-order chi connectivity index (χ0) is 13.0. The van der Waals surface area contributed by atoms with Crippen molar-refractivity contribution in [1.29, 1.82) is 0 Å². The largest absolute Gasteiger partial charge is 0.380 e. The molecule has 0 aliphatic carbocycles. The number of aromatic amines is 1. The molecular weight excluding hydrogens is 246 g/mol. The molecule has 2 rings (SSSR count). The summed E-state index contributed by atoms with van der Waals surface area (Å²) in [6.07, 6.45) is 0.860. The van der Waals surface area contributed by atoms with Crippen LogP contribution in [0.5, 0.6) is 0 Å². The third-order valence-corrected chi connectivity index (χ3v) is 3.16. The van der Waals surface area contributed by atoms with Gasteiger partial charge in [-0.25, -0.2) is 0 Å².